The summed E-state index contributed by atoms with van der Waals surface area (Å²) in [4.78, 5) is 18.4. The van der Waals surface area contributed by atoms with Crippen molar-refractivity contribution in [2.24, 2.45) is 5.10 Å². The molecule has 0 spiro atoms. The van der Waals surface area contributed by atoms with Gasteiger partial charge in [-0.1, -0.05) is 25.0 Å². The van der Waals surface area contributed by atoms with Crippen LogP contribution in [0.5, 0.6) is 0 Å². The minimum Gasteiger partial charge on any atom is -0.372 e. The number of hydrogen-bond donors (Lipinski definition) is 1. The average molecular weight is 336 g/mol. The number of carbonyl (C=O) groups is 1. The van der Waals surface area contributed by atoms with Crippen molar-refractivity contribution in [2.75, 3.05) is 18.0 Å². The highest BCUT2D eigenvalue weighted by Crippen LogP contribution is 2.20. The number of hydrazone groups is 1. The lowest BCUT2D eigenvalue weighted by Crippen LogP contribution is -2.23. The monoisotopic (exact) mass is 336 g/mol. The molecule has 25 heavy (non-hydrogen) atoms. The lowest BCUT2D eigenvalue weighted by atomic mass is 10.1. The minimum atomic E-state index is -0.233. The van der Waals surface area contributed by atoms with Crippen molar-refractivity contribution in [3.8, 4) is 0 Å². The Morgan fingerprint density at radius 1 is 0.960 bits per heavy atom. The van der Waals surface area contributed by atoms with Gasteiger partial charge in [0.15, 0.2) is 0 Å². The van der Waals surface area contributed by atoms with Gasteiger partial charge < -0.3 is 4.90 Å². The number of hydrogen-bond acceptors (Lipinski definition) is 4. The van der Waals surface area contributed by atoms with Gasteiger partial charge in [0, 0.05) is 36.7 Å². The second-order valence-electron chi connectivity index (χ2n) is 6.32. The van der Waals surface area contributed by atoms with E-state index < -0.39 is 0 Å². The Labute approximate surface area is 148 Å². The van der Waals surface area contributed by atoms with Crippen LogP contribution in [0.3, 0.4) is 0 Å². The van der Waals surface area contributed by atoms with Gasteiger partial charge >= 0.3 is 0 Å². The normalized spacial score (nSPS) is 15.6. The molecule has 5 nitrogen and oxygen atoms in total. The van der Waals surface area contributed by atoms with Crippen molar-refractivity contribution >= 4 is 17.3 Å². The third-order valence-corrected chi connectivity index (χ3v) is 4.52. The molecule has 0 bridgehead atoms. The van der Waals surface area contributed by atoms with Crippen molar-refractivity contribution in [3.63, 3.8) is 0 Å². The van der Waals surface area contributed by atoms with E-state index in [9.17, 15) is 4.79 Å². The molecule has 2 heterocycles. The molecule has 0 unspecified atom stereocenters. The number of anilines is 1. The van der Waals surface area contributed by atoms with Crippen molar-refractivity contribution in [1.82, 2.24) is 10.4 Å². The minimum absolute atomic E-state index is 0.233. The fourth-order valence-corrected chi connectivity index (χ4v) is 3.01. The van der Waals surface area contributed by atoms with E-state index in [0.29, 0.717) is 5.56 Å². The highest BCUT2D eigenvalue weighted by Gasteiger charge is 2.10. The first-order valence-electron chi connectivity index (χ1n) is 8.84. The van der Waals surface area contributed by atoms with E-state index in [4.69, 9.17) is 0 Å². The summed E-state index contributed by atoms with van der Waals surface area (Å²) in [5.41, 5.74) is 6.19. The molecule has 1 amide bonds. The van der Waals surface area contributed by atoms with Crippen LogP contribution in [0.15, 0.2) is 53.9 Å². The van der Waals surface area contributed by atoms with Crippen LogP contribution >= 0.6 is 0 Å². The van der Waals surface area contributed by atoms with Gasteiger partial charge in [-0.2, -0.15) is 5.10 Å². The fraction of sp³-hybridized carbons (Fsp3) is 0.350. The third kappa shape index (κ3) is 4.66. The number of rotatable bonds is 4. The zero-order chi connectivity index (χ0) is 17.5. The predicted octanol–water partition coefficient (Wildman–Crippen LogP) is 3.62. The van der Waals surface area contributed by atoms with Gasteiger partial charge in [-0.15, -0.1) is 0 Å². The predicted molar refractivity (Wildman–Crippen MR) is 101 cm³/mol. The molecular weight excluding hydrogens is 312 g/mol. The van der Waals surface area contributed by atoms with Crippen molar-refractivity contribution in [3.05, 3.63) is 59.9 Å². The maximum atomic E-state index is 12.0. The Hall–Kier alpha value is -2.69. The number of nitrogens with one attached hydrogen (secondary N) is 1. The Kier molecular flexibility index (Phi) is 5.77. The molecule has 3 rings (SSSR count). The summed E-state index contributed by atoms with van der Waals surface area (Å²) in [5.74, 6) is -0.233. The first kappa shape index (κ1) is 17.1. The third-order valence-electron chi connectivity index (χ3n) is 4.52. The van der Waals surface area contributed by atoms with Gasteiger partial charge in [0.1, 0.15) is 0 Å². The molecule has 1 aromatic carbocycles. The second kappa shape index (κ2) is 8.42. The second-order valence-corrected chi connectivity index (χ2v) is 6.32. The van der Waals surface area contributed by atoms with Crippen LogP contribution < -0.4 is 10.3 Å². The Morgan fingerprint density at radius 3 is 2.24 bits per heavy atom. The van der Waals surface area contributed by atoms with Gasteiger partial charge in [-0.05, 0) is 49.6 Å². The Balaban J connectivity index is 1.63. The summed E-state index contributed by atoms with van der Waals surface area (Å²) in [5, 5.41) is 4.21. The molecule has 130 valence electrons. The average Bonchev–Trinajstić information content (AvgIpc) is 2.96. The summed E-state index contributed by atoms with van der Waals surface area (Å²) >= 11 is 0. The van der Waals surface area contributed by atoms with Crippen LogP contribution in [-0.4, -0.2) is 29.7 Å². The van der Waals surface area contributed by atoms with Crippen LogP contribution in [0.2, 0.25) is 0 Å². The molecule has 1 saturated heterocycles. The highest BCUT2D eigenvalue weighted by molar-refractivity contribution is 6.01. The fourth-order valence-electron chi connectivity index (χ4n) is 3.01. The zero-order valence-corrected chi connectivity index (χ0v) is 14.6. The number of benzene rings is 1. The summed E-state index contributed by atoms with van der Waals surface area (Å²) in [6.07, 6.45) is 8.38. The number of amides is 1. The van der Waals surface area contributed by atoms with E-state index >= 15 is 0 Å². The number of carbonyl (C=O) groups excluding carboxylic acids is 1. The van der Waals surface area contributed by atoms with E-state index in [1.807, 2.05) is 6.92 Å². The van der Waals surface area contributed by atoms with E-state index in [0.717, 1.165) is 24.4 Å². The molecule has 0 radical (unpaired) electrons. The van der Waals surface area contributed by atoms with Gasteiger partial charge in [0.05, 0.1) is 5.71 Å². The van der Waals surface area contributed by atoms with Gasteiger partial charge in [0.25, 0.3) is 5.91 Å². The molecule has 1 aromatic heterocycles. The van der Waals surface area contributed by atoms with Crippen LogP contribution in [0.25, 0.3) is 0 Å². The van der Waals surface area contributed by atoms with Crippen molar-refractivity contribution in [2.45, 2.75) is 32.6 Å². The van der Waals surface area contributed by atoms with Crippen LogP contribution in [0, 0.1) is 0 Å². The van der Waals surface area contributed by atoms with E-state index in [1.54, 1.807) is 24.5 Å². The van der Waals surface area contributed by atoms with E-state index in [1.165, 1.54) is 31.4 Å². The lowest BCUT2D eigenvalue weighted by molar-refractivity contribution is 0.0954. The molecule has 1 fully saturated rings. The van der Waals surface area contributed by atoms with Gasteiger partial charge in [-0.25, -0.2) is 5.43 Å². The first-order valence-corrected chi connectivity index (χ1v) is 8.84. The molecular formula is C20H24N4O. The summed E-state index contributed by atoms with van der Waals surface area (Å²) in [7, 11) is 0. The number of aromatic nitrogens is 1. The quantitative estimate of drug-likeness (QED) is 0.685. The molecule has 0 atom stereocenters. The standard InChI is InChI=1S/C20H24N4O/c1-16(22-23-20(25)18-10-12-21-13-11-18)17-6-8-19(9-7-17)24-14-4-2-3-5-15-24/h6-13H,2-5,14-15H2,1H3,(H,23,25)/b22-16+. The van der Waals surface area contributed by atoms with E-state index in [2.05, 4.69) is 44.7 Å². The molecule has 1 N–H and O–H groups in total. The smallest absolute Gasteiger partial charge is 0.271 e. The van der Waals surface area contributed by atoms with Gasteiger partial charge in [0.2, 0.25) is 0 Å². The molecule has 5 heteroatoms. The van der Waals surface area contributed by atoms with Crippen LogP contribution in [0.4, 0.5) is 5.69 Å². The Morgan fingerprint density at radius 2 is 1.60 bits per heavy atom. The zero-order valence-electron chi connectivity index (χ0n) is 14.6. The largest absolute Gasteiger partial charge is 0.372 e. The summed E-state index contributed by atoms with van der Waals surface area (Å²) < 4.78 is 0. The SMILES string of the molecule is C/C(=N\NC(=O)c1ccncc1)c1ccc(N2CCCCCC2)cc1. The summed E-state index contributed by atoms with van der Waals surface area (Å²) in [6.45, 7) is 4.16. The van der Waals surface area contributed by atoms with Crippen molar-refractivity contribution in [1.29, 1.82) is 0 Å². The first-order chi connectivity index (χ1) is 12.2. The van der Waals surface area contributed by atoms with E-state index in [-0.39, 0.29) is 5.91 Å². The molecule has 2 aromatic rings. The molecule has 1 aliphatic rings. The maximum absolute atomic E-state index is 12.0. The number of pyridine rings is 1. The van der Waals surface area contributed by atoms with Crippen molar-refractivity contribution < 1.29 is 4.79 Å². The van der Waals surface area contributed by atoms with Gasteiger partial charge in [-0.3, -0.25) is 9.78 Å². The highest BCUT2D eigenvalue weighted by atomic mass is 16.2. The van der Waals surface area contributed by atoms with Crippen LogP contribution in [-0.2, 0) is 0 Å². The maximum Gasteiger partial charge on any atom is 0.271 e. The topological polar surface area (TPSA) is 57.6 Å². The molecule has 0 aliphatic carbocycles. The number of nitrogens with zero attached hydrogens (tertiary/aromatic N) is 3. The molecule has 1 aliphatic heterocycles. The summed E-state index contributed by atoms with van der Waals surface area (Å²) in [6, 6.07) is 11.7. The lowest BCUT2D eigenvalue weighted by Gasteiger charge is -2.22. The molecule has 0 saturated carbocycles. The van der Waals surface area contributed by atoms with Crippen LogP contribution in [0.1, 0.15) is 48.5 Å². The Bertz CT molecular complexity index is 717.